The summed E-state index contributed by atoms with van der Waals surface area (Å²) >= 11 is 12.5. The molecule has 2 aromatic rings. The van der Waals surface area contributed by atoms with E-state index in [9.17, 15) is 4.79 Å². The number of ether oxygens (including phenoxy) is 1. The number of hydrogen-bond acceptors (Lipinski definition) is 6. The molecule has 2 aliphatic rings. The summed E-state index contributed by atoms with van der Waals surface area (Å²) < 4.78 is 7.68. The van der Waals surface area contributed by atoms with Gasteiger partial charge in [-0.3, -0.25) is 9.36 Å². The molecule has 4 rings (SSSR count). The van der Waals surface area contributed by atoms with Crippen molar-refractivity contribution in [3.63, 3.8) is 0 Å². The van der Waals surface area contributed by atoms with E-state index in [1.165, 1.54) is 10.8 Å². The Labute approximate surface area is 202 Å². The van der Waals surface area contributed by atoms with Crippen LogP contribution in [0.15, 0.2) is 46.6 Å². The van der Waals surface area contributed by atoms with Gasteiger partial charge in [-0.1, -0.05) is 35.2 Å². The predicted molar refractivity (Wildman–Crippen MR) is 132 cm³/mol. The van der Waals surface area contributed by atoms with E-state index in [1.54, 1.807) is 38.1 Å². The number of nitrogens with zero attached hydrogens (tertiary/aromatic N) is 3. The van der Waals surface area contributed by atoms with Gasteiger partial charge in [-0.25, -0.2) is 4.98 Å². The van der Waals surface area contributed by atoms with Crippen molar-refractivity contribution in [3.05, 3.63) is 73.6 Å². The molecular weight excluding hydrogens is 461 g/mol. The SMILES string of the molecule is C#C/C=C1\C(=C/N)OC2(CCN(c3nc(C)n(-c4cccc(Cl)c4Cl)c(=O)c3C)CC2)[C@@H]1N. The number of aromatic nitrogens is 2. The van der Waals surface area contributed by atoms with Crippen molar-refractivity contribution >= 4 is 29.0 Å². The molecule has 0 saturated carbocycles. The third-order valence-electron chi connectivity index (χ3n) is 6.42. The summed E-state index contributed by atoms with van der Waals surface area (Å²) in [5, 5.41) is 0.686. The van der Waals surface area contributed by atoms with Crippen LogP contribution in [0.2, 0.25) is 10.0 Å². The highest BCUT2D eigenvalue weighted by atomic mass is 35.5. The van der Waals surface area contributed by atoms with Crippen molar-refractivity contribution in [2.24, 2.45) is 11.5 Å². The molecule has 1 spiro atoms. The molecule has 0 amide bonds. The molecule has 1 aromatic carbocycles. The lowest BCUT2D eigenvalue weighted by Gasteiger charge is -2.41. The normalized spacial score (nSPS) is 22.1. The number of halogens is 2. The molecule has 3 heterocycles. The number of terminal acetylenes is 1. The summed E-state index contributed by atoms with van der Waals surface area (Å²) in [6.07, 6.45) is 9.74. The highest BCUT2D eigenvalue weighted by molar-refractivity contribution is 6.43. The Kier molecular flexibility index (Phi) is 6.19. The van der Waals surface area contributed by atoms with E-state index in [1.807, 2.05) is 0 Å². The summed E-state index contributed by atoms with van der Waals surface area (Å²) in [5.41, 5.74) is 13.2. The van der Waals surface area contributed by atoms with Gasteiger partial charge < -0.3 is 21.1 Å². The maximum Gasteiger partial charge on any atom is 0.263 e. The summed E-state index contributed by atoms with van der Waals surface area (Å²) in [6.45, 7) is 4.77. The number of benzene rings is 1. The third kappa shape index (κ3) is 3.78. The van der Waals surface area contributed by atoms with Crippen molar-refractivity contribution < 1.29 is 4.74 Å². The second kappa shape index (κ2) is 8.79. The Morgan fingerprint density at radius 1 is 1.30 bits per heavy atom. The summed E-state index contributed by atoms with van der Waals surface area (Å²) in [6, 6.07) is 4.80. The largest absolute Gasteiger partial charge is 0.483 e. The van der Waals surface area contributed by atoms with E-state index in [4.69, 9.17) is 50.8 Å². The molecule has 9 heteroatoms. The Balaban J connectivity index is 1.64. The third-order valence-corrected chi connectivity index (χ3v) is 7.23. The molecule has 0 radical (unpaired) electrons. The average molecular weight is 486 g/mol. The van der Waals surface area contributed by atoms with Crippen molar-refractivity contribution in [2.45, 2.75) is 38.3 Å². The van der Waals surface area contributed by atoms with Gasteiger partial charge >= 0.3 is 0 Å². The van der Waals surface area contributed by atoms with E-state index in [0.29, 0.717) is 64.6 Å². The average Bonchev–Trinajstić information content (AvgIpc) is 3.06. The number of nitrogens with two attached hydrogens (primary N) is 2. The molecule has 172 valence electrons. The zero-order chi connectivity index (χ0) is 23.9. The van der Waals surface area contributed by atoms with Crippen LogP contribution >= 0.6 is 23.2 Å². The molecule has 1 atom stereocenters. The number of hydrogen-bond donors (Lipinski definition) is 2. The van der Waals surface area contributed by atoms with Gasteiger partial charge in [-0.05, 0) is 32.1 Å². The van der Waals surface area contributed by atoms with Crippen LogP contribution in [0, 0.1) is 26.2 Å². The van der Waals surface area contributed by atoms with Crippen LogP contribution in [0.5, 0.6) is 0 Å². The first-order chi connectivity index (χ1) is 15.7. The minimum Gasteiger partial charge on any atom is -0.483 e. The lowest BCUT2D eigenvalue weighted by molar-refractivity contribution is 0.00614. The van der Waals surface area contributed by atoms with Crippen molar-refractivity contribution in [2.75, 3.05) is 18.0 Å². The maximum absolute atomic E-state index is 13.3. The molecule has 2 saturated heterocycles. The van der Waals surface area contributed by atoms with Gasteiger partial charge in [0, 0.05) is 37.7 Å². The molecule has 2 fully saturated rings. The first-order valence-corrected chi connectivity index (χ1v) is 11.3. The molecular formula is C24H25Cl2N5O2. The summed E-state index contributed by atoms with van der Waals surface area (Å²) in [7, 11) is 0. The van der Waals surface area contributed by atoms with Gasteiger partial charge in [0.2, 0.25) is 0 Å². The van der Waals surface area contributed by atoms with Crippen LogP contribution in [0.25, 0.3) is 5.69 Å². The number of anilines is 1. The second-order valence-corrected chi connectivity index (χ2v) is 9.04. The fourth-order valence-corrected chi connectivity index (χ4v) is 5.00. The number of piperidine rings is 1. The Bertz CT molecular complexity index is 1270. The van der Waals surface area contributed by atoms with Crippen LogP contribution in [0.4, 0.5) is 5.82 Å². The minimum atomic E-state index is -0.587. The van der Waals surface area contributed by atoms with Crippen LogP contribution < -0.4 is 21.9 Å². The van der Waals surface area contributed by atoms with Crippen molar-refractivity contribution in [1.29, 1.82) is 0 Å². The zero-order valence-corrected chi connectivity index (χ0v) is 20.0. The molecule has 0 aliphatic carbocycles. The van der Waals surface area contributed by atoms with Crippen LogP contribution in [-0.2, 0) is 4.74 Å². The molecule has 7 nitrogen and oxygen atoms in total. The topological polar surface area (TPSA) is 99.4 Å². The number of rotatable bonds is 2. The highest BCUT2D eigenvalue weighted by Crippen LogP contribution is 2.43. The van der Waals surface area contributed by atoms with E-state index < -0.39 is 5.60 Å². The van der Waals surface area contributed by atoms with Crippen molar-refractivity contribution in [3.8, 4) is 18.0 Å². The molecule has 0 bridgehead atoms. The zero-order valence-electron chi connectivity index (χ0n) is 18.4. The maximum atomic E-state index is 13.3. The second-order valence-electron chi connectivity index (χ2n) is 8.25. The van der Waals surface area contributed by atoms with Gasteiger partial charge in [0.25, 0.3) is 5.56 Å². The van der Waals surface area contributed by atoms with Gasteiger partial charge in [0.05, 0.1) is 27.3 Å². The lowest BCUT2D eigenvalue weighted by Crippen LogP contribution is -2.53. The quantitative estimate of drug-likeness (QED) is 0.633. The van der Waals surface area contributed by atoms with Gasteiger partial charge in [0.15, 0.2) is 0 Å². The molecule has 0 unspecified atom stereocenters. The first kappa shape index (κ1) is 23.2. The Morgan fingerprint density at radius 2 is 2.00 bits per heavy atom. The minimum absolute atomic E-state index is 0.191. The number of allylic oxidation sites excluding steroid dienone is 1. The van der Waals surface area contributed by atoms with Gasteiger partial charge in [-0.2, -0.15) is 0 Å². The monoisotopic (exact) mass is 485 g/mol. The van der Waals surface area contributed by atoms with Crippen LogP contribution in [0.3, 0.4) is 0 Å². The van der Waals surface area contributed by atoms with Crippen LogP contribution in [0.1, 0.15) is 24.2 Å². The van der Waals surface area contributed by atoms with E-state index in [2.05, 4.69) is 10.8 Å². The molecule has 4 N–H and O–H groups in total. The molecule has 33 heavy (non-hydrogen) atoms. The van der Waals surface area contributed by atoms with E-state index in [-0.39, 0.29) is 11.6 Å². The highest BCUT2D eigenvalue weighted by Gasteiger charge is 2.50. The Morgan fingerprint density at radius 3 is 2.64 bits per heavy atom. The summed E-state index contributed by atoms with van der Waals surface area (Å²) in [5.74, 6) is 4.20. The van der Waals surface area contributed by atoms with Crippen LogP contribution in [-0.4, -0.2) is 34.3 Å². The number of aryl methyl sites for hydroxylation is 1. The predicted octanol–water partition coefficient (Wildman–Crippen LogP) is 3.21. The fraction of sp³-hybridized carbons (Fsp3) is 0.333. The van der Waals surface area contributed by atoms with Gasteiger partial charge in [-0.15, -0.1) is 6.42 Å². The Hall–Kier alpha value is -2.92. The van der Waals surface area contributed by atoms with E-state index in [0.717, 1.165) is 5.57 Å². The smallest absolute Gasteiger partial charge is 0.263 e. The lowest BCUT2D eigenvalue weighted by atomic mass is 9.83. The van der Waals surface area contributed by atoms with Crippen molar-refractivity contribution in [1.82, 2.24) is 9.55 Å². The fourth-order valence-electron chi connectivity index (χ4n) is 4.62. The molecule has 1 aromatic heterocycles. The van der Waals surface area contributed by atoms with Gasteiger partial charge in [0.1, 0.15) is 23.0 Å². The first-order valence-electron chi connectivity index (χ1n) is 10.6. The summed E-state index contributed by atoms with van der Waals surface area (Å²) in [4.78, 5) is 20.2. The standard InChI is InChI=1S/C24H25Cl2N5O2/c1-4-6-16-19(13-27)33-24(21(16)28)9-11-30(12-10-24)22-14(2)23(32)31(15(3)29-22)18-8-5-7-17(25)20(18)26/h1,5-8,13,21H,9-12,27-28H2,2-3H3/b16-6+,19-13+/t21-/m1/s1. The van der Waals surface area contributed by atoms with E-state index >= 15 is 0 Å². The molecule has 2 aliphatic heterocycles.